The van der Waals surface area contributed by atoms with Crippen molar-refractivity contribution in [1.82, 2.24) is 5.32 Å². The standard InChI is InChI=1S/C25H33NO4/c1-2-3-4-10-18-23(28)26-19-12-16-21-15-9-7-5-6-8-13-20-14-11-17-22(27)24(20)25(29)30-21/h3-4,10-12,14,17-19,21,27H,2,5-9,13,15-16H2,1H3,(H,26,28)/b4-3-,18-10-,19-12+/t21-/m1/s1. The molecule has 0 radical (unpaired) electrons. The molecule has 1 aromatic rings. The SMILES string of the molecule is CC/C=C\C=C/C(=O)N/C=C/C[C@H]1CCCCCCCc2cccc(O)c2C(=O)O1. The minimum atomic E-state index is -0.475. The van der Waals surface area contributed by atoms with E-state index < -0.39 is 5.97 Å². The lowest BCUT2D eigenvalue weighted by Crippen LogP contribution is -2.20. The molecule has 0 aromatic heterocycles. The van der Waals surface area contributed by atoms with Gasteiger partial charge in [0.05, 0.1) is 0 Å². The van der Waals surface area contributed by atoms with Crippen LogP contribution in [0.25, 0.3) is 0 Å². The molecule has 1 aromatic carbocycles. The number of cyclic esters (lactones) is 1. The molecule has 1 atom stereocenters. The molecule has 0 saturated heterocycles. The van der Waals surface area contributed by atoms with Gasteiger partial charge in [0.1, 0.15) is 17.4 Å². The summed E-state index contributed by atoms with van der Waals surface area (Å²) in [6.07, 6.45) is 18.4. The third-order valence-corrected chi connectivity index (χ3v) is 5.05. The van der Waals surface area contributed by atoms with E-state index in [4.69, 9.17) is 4.74 Å². The molecule has 1 aliphatic rings. The van der Waals surface area contributed by atoms with E-state index >= 15 is 0 Å². The number of phenolic OH excluding ortho intramolecular Hbond substituents is 1. The predicted octanol–water partition coefficient (Wildman–Crippen LogP) is 5.36. The molecular formula is C25H33NO4. The fraction of sp³-hybridized carbons (Fsp3) is 0.440. The van der Waals surface area contributed by atoms with Crippen LogP contribution in [-0.2, 0) is 16.0 Å². The van der Waals surface area contributed by atoms with Gasteiger partial charge in [-0.05, 0) is 43.7 Å². The lowest BCUT2D eigenvalue weighted by molar-refractivity contribution is -0.115. The first kappa shape index (κ1) is 23.5. The molecule has 2 N–H and O–H groups in total. The van der Waals surface area contributed by atoms with E-state index in [1.165, 1.54) is 12.1 Å². The Morgan fingerprint density at radius 2 is 1.97 bits per heavy atom. The number of nitrogens with one attached hydrogen (secondary N) is 1. The summed E-state index contributed by atoms with van der Waals surface area (Å²) in [5, 5.41) is 12.9. The van der Waals surface area contributed by atoms with Crippen molar-refractivity contribution in [3.8, 4) is 5.75 Å². The normalized spacial score (nSPS) is 18.7. The molecule has 1 aliphatic heterocycles. The lowest BCUT2D eigenvalue weighted by Gasteiger charge is -2.19. The molecule has 162 valence electrons. The highest BCUT2D eigenvalue weighted by molar-refractivity contribution is 5.94. The number of ether oxygens (including phenoxy) is 1. The van der Waals surface area contributed by atoms with Gasteiger partial charge in [-0.2, -0.15) is 0 Å². The van der Waals surface area contributed by atoms with Crippen LogP contribution in [0.1, 0.15) is 74.2 Å². The van der Waals surface area contributed by atoms with Crippen molar-refractivity contribution in [1.29, 1.82) is 0 Å². The molecule has 0 unspecified atom stereocenters. The molecule has 0 spiro atoms. The molecular weight excluding hydrogens is 378 g/mol. The minimum absolute atomic E-state index is 0.0278. The average Bonchev–Trinajstić information content (AvgIpc) is 2.72. The Morgan fingerprint density at radius 3 is 2.80 bits per heavy atom. The Bertz CT molecular complexity index is 779. The second kappa shape index (κ2) is 13.4. The highest BCUT2D eigenvalue weighted by atomic mass is 16.5. The van der Waals surface area contributed by atoms with Crippen LogP contribution in [-0.4, -0.2) is 23.1 Å². The summed E-state index contributed by atoms with van der Waals surface area (Å²) in [5.74, 6) is -0.710. The molecule has 1 heterocycles. The summed E-state index contributed by atoms with van der Waals surface area (Å²) in [4.78, 5) is 24.5. The second-order valence-electron chi connectivity index (χ2n) is 7.49. The summed E-state index contributed by atoms with van der Waals surface area (Å²) in [7, 11) is 0. The topological polar surface area (TPSA) is 75.6 Å². The first-order chi connectivity index (χ1) is 14.6. The van der Waals surface area contributed by atoms with Crippen LogP contribution >= 0.6 is 0 Å². The van der Waals surface area contributed by atoms with Gasteiger partial charge in [-0.3, -0.25) is 4.79 Å². The van der Waals surface area contributed by atoms with Gasteiger partial charge in [0.25, 0.3) is 0 Å². The van der Waals surface area contributed by atoms with Crippen LogP contribution in [0.2, 0.25) is 0 Å². The predicted molar refractivity (Wildman–Crippen MR) is 119 cm³/mol. The van der Waals surface area contributed by atoms with Gasteiger partial charge < -0.3 is 15.2 Å². The Balaban J connectivity index is 1.99. The van der Waals surface area contributed by atoms with Crippen molar-refractivity contribution in [3.05, 3.63) is 65.9 Å². The number of esters is 1. The number of carbonyl (C=O) groups is 2. The average molecular weight is 412 g/mol. The van der Waals surface area contributed by atoms with Gasteiger partial charge in [-0.1, -0.05) is 62.6 Å². The number of allylic oxidation sites excluding steroid dienone is 3. The highest BCUT2D eigenvalue weighted by Crippen LogP contribution is 2.26. The van der Waals surface area contributed by atoms with Gasteiger partial charge >= 0.3 is 5.97 Å². The van der Waals surface area contributed by atoms with Gasteiger partial charge in [-0.25, -0.2) is 4.79 Å². The van der Waals surface area contributed by atoms with Crippen LogP contribution in [0.4, 0.5) is 0 Å². The summed E-state index contributed by atoms with van der Waals surface area (Å²) in [6.45, 7) is 2.03. The number of rotatable bonds is 6. The number of benzene rings is 1. The van der Waals surface area contributed by atoms with Crippen LogP contribution < -0.4 is 5.32 Å². The molecule has 0 aliphatic carbocycles. The fourth-order valence-electron chi connectivity index (χ4n) is 3.45. The van der Waals surface area contributed by atoms with Crippen LogP contribution in [0.5, 0.6) is 5.75 Å². The van der Waals surface area contributed by atoms with E-state index in [1.807, 2.05) is 31.2 Å². The van der Waals surface area contributed by atoms with Crippen molar-refractivity contribution in [2.75, 3.05) is 0 Å². The van der Waals surface area contributed by atoms with Crippen molar-refractivity contribution in [3.63, 3.8) is 0 Å². The zero-order valence-electron chi connectivity index (χ0n) is 17.8. The molecule has 0 fully saturated rings. The number of fused-ring (bicyclic) bond motifs is 1. The van der Waals surface area contributed by atoms with E-state index in [1.54, 1.807) is 18.3 Å². The van der Waals surface area contributed by atoms with E-state index in [9.17, 15) is 14.7 Å². The smallest absolute Gasteiger partial charge is 0.342 e. The molecule has 5 nitrogen and oxygen atoms in total. The fourth-order valence-corrected chi connectivity index (χ4v) is 3.45. The molecule has 0 bridgehead atoms. The third-order valence-electron chi connectivity index (χ3n) is 5.05. The van der Waals surface area contributed by atoms with Gasteiger partial charge in [-0.15, -0.1) is 0 Å². The first-order valence-corrected chi connectivity index (χ1v) is 10.9. The van der Waals surface area contributed by atoms with Crippen LogP contribution in [0.3, 0.4) is 0 Å². The van der Waals surface area contributed by atoms with E-state index in [2.05, 4.69) is 5.32 Å². The number of phenols is 1. The lowest BCUT2D eigenvalue weighted by atomic mass is 9.98. The summed E-state index contributed by atoms with van der Waals surface area (Å²) >= 11 is 0. The van der Waals surface area contributed by atoms with Crippen molar-refractivity contribution < 1.29 is 19.4 Å². The maximum absolute atomic E-state index is 12.8. The summed E-state index contributed by atoms with van der Waals surface area (Å²) in [5.41, 5.74) is 1.12. The quantitative estimate of drug-likeness (QED) is 0.375. The van der Waals surface area contributed by atoms with Gasteiger partial charge in [0, 0.05) is 18.7 Å². The van der Waals surface area contributed by atoms with E-state index in [-0.39, 0.29) is 23.3 Å². The number of carbonyl (C=O) groups excluding carboxylic acids is 2. The third kappa shape index (κ3) is 8.27. The summed E-state index contributed by atoms with van der Waals surface area (Å²) < 4.78 is 5.74. The van der Waals surface area contributed by atoms with Crippen molar-refractivity contribution in [2.45, 2.75) is 70.8 Å². The maximum Gasteiger partial charge on any atom is 0.342 e. The Kier molecular flexibility index (Phi) is 10.5. The Hall–Kier alpha value is -2.82. The number of aromatic hydroxyl groups is 1. The van der Waals surface area contributed by atoms with E-state index in [0.29, 0.717) is 6.42 Å². The maximum atomic E-state index is 12.8. The zero-order valence-corrected chi connectivity index (χ0v) is 17.8. The zero-order chi connectivity index (χ0) is 21.6. The van der Waals surface area contributed by atoms with E-state index in [0.717, 1.165) is 56.9 Å². The second-order valence-corrected chi connectivity index (χ2v) is 7.49. The Labute approximate surface area is 179 Å². The minimum Gasteiger partial charge on any atom is -0.507 e. The number of hydrogen-bond donors (Lipinski definition) is 2. The summed E-state index contributed by atoms with van der Waals surface area (Å²) in [6, 6.07) is 5.18. The van der Waals surface area contributed by atoms with Crippen molar-refractivity contribution >= 4 is 11.9 Å². The van der Waals surface area contributed by atoms with Crippen LogP contribution in [0, 0.1) is 0 Å². The monoisotopic (exact) mass is 411 g/mol. The largest absolute Gasteiger partial charge is 0.507 e. The first-order valence-electron chi connectivity index (χ1n) is 10.9. The molecule has 2 rings (SSSR count). The van der Waals surface area contributed by atoms with Crippen molar-refractivity contribution in [2.24, 2.45) is 0 Å². The van der Waals surface area contributed by atoms with Gasteiger partial charge in [0.2, 0.25) is 5.91 Å². The molecule has 5 heteroatoms. The van der Waals surface area contributed by atoms with Gasteiger partial charge in [0.15, 0.2) is 0 Å². The number of hydrogen-bond acceptors (Lipinski definition) is 4. The highest BCUT2D eigenvalue weighted by Gasteiger charge is 2.21. The van der Waals surface area contributed by atoms with Crippen LogP contribution in [0.15, 0.2) is 54.8 Å². The molecule has 30 heavy (non-hydrogen) atoms. The number of aryl methyl sites for hydroxylation is 1. The molecule has 1 amide bonds. The Morgan fingerprint density at radius 1 is 1.17 bits per heavy atom. The number of amides is 1. The molecule has 0 saturated carbocycles.